The zero-order valence-electron chi connectivity index (χ0n) is 20.2. The molecule has 1 atom stereocenters. The van der Waals surface area contributed by atoms with Crippen LogP contribution in [0.1, 0.15) is 43.6 Å². The highest BCUT2D eigenvalue weighted by molar-refractivity contribution is 5.80. The zero-order valence-corrected chi connectivity index (χ0v) is 20.2. The molecule has 4 saturated heterocycles. The number of hydrogen-bond acceptors (Lipinski definition) is 6. The summed E-state index contributed by atoms with van der Waals surface area (Å²) in [4.78, 5) is 17.3. The molecule has 4 aliphatic heterocycles. The van der Waals surface area contributed by atoms with Crippen molar-refractivity contribution >= 4 is 5.91 Å². The van der Waals surface area contributed by atoms with Crippen LogP contribution in [0.15, 0.2) is 24.3 Å². The SMILES string of the molecule is O=C(C1COC1)N1CC2(CCC(N3CCC(c4ccccc4OCCOC4COC4)CC3)C2)C1. The van der Waals surface area contributed by atoms with Crippen molar-refractivity contribution in [1.82, 2.24) is 9.80 Å². The van der Waals surface area contributed by atoms with E-state index in [-0.39, 0.29) is 12.0 Å². The molecule has 7 heteroatoms. The standard InChI is InChI=1S/C27H38N2O5/c30-26(21-14-31-15-21)29-18-27(19-29)8-5-22(13-27)28-9-6-20(7-10-28)24-3-1-2-4-25(24)34-12-11-33-23-16-32-17-23/h1-4,20-23H,5-19H2. The normalized spacial score (nSPS) is 27.9. The Morgan fingerprint density at radius 1 is 1.00 bits per heavy atom. The predicted molar refractivity (Wildman–Crippen MR) is 127 cm³/mol. The maximum atomic E-state index is 12.5. The Labute approximate surface area is 202 Å². The van der Waals surface area contributed by atoms with E-state index in [1.165, 1.54) is 37.7 Å². The van der Waals surface area contributed by atoms with Crippen LogP contribution in [0, 0.1) is 11.3 Å². The number of amides is 1. The molecule has 1 saturated carbocycles. The lowest BCUT2D eigenvalue weighted by Crippen LogP contribution is -2.61. The van der Waals surface area contributed by atoms with E-state index >= 15 is 0 Å². The second-order valence-corrected chi connectivity index (χ2v) is 11.1. The minimum absolute atomic E-state index is 0.130. The second kappa shape index (κ2) is 9.76. The molecular formula is C27H38N2O5. The summed E-state index contributed by atoms with van der Waals surface area (Å²) in [5.41, 5.74) is 1.74. The molecule has 186 valence electrons. The summed E-state index contributed by atoms with van der Waals surface area (Å²) in [5, 5.41) is 0. The molecule has 1 unspecified atom stereocenters. The quantitative estimate of drug-likeness (QED) is 0.545. The number of carbonyl (C=O) groups excluding carboxylic acids is 1. The second-order valence-electron chi connectivity index (χ2n) is 11.1. The first kappa shape index (κ1) is 22.8. The molecule has 5 fully saturated rings. The number of piperidine rings is 1. The fourth-order valence-electron chi connectivity index (χ4n) is 6.53. The molecule has 0 bridgehead atoms. The minimum atomic E-state index is 0.130. The van der Waals surface area contributed by atoms with Gasteiger partial charge in [-0.1, -0.05) is 18.2 Å². The van der Waals surface area contributed by atoms with Crippen molar-refractivity contribution in [1.29, 1.82) is 0 Å². The minimum Gasteiger partial charge on any atom is -0.491 e. The molecule has 34 heavy (non-hydrogen) atoms. The van der Waals surface area contributed by atoms with Crippen LogP contribution in [0.4, 0.5) is 0 Å². The van der Waals surface area contributed by atoms with Crippen molar-refractivity contribution < 1.29 is 23.7 Å². The average Bonchev–Trinajstić information content (AvgIpc) is 3.22. The lowest BCUT2D eigenvalue weighted by atomic mass is 9.77. The summed E-state index contributed by atoms with van der Waals surface area (Å²) in [6.45, 7) is 8.13. The van der Waals surface area contributed by atoms with E-state index in [4.69, 9.17) is 18.9 Å². The summed E-state index contributed by atoms with van der Waals surface area (Å²) < 4.78 is 22.2. The third-order valence-corrected chi connectivity index (χ3v) is 8.73. The molecule has 0 N–H and O–H groups in total. The summed E-state index contributed by atoms with van der Waals surface area (Å²) in [6, 6.07) is 9.24. The molecule has 4 heterocycles. The Hall–Kier alpha value is -1.67. The van der Waals surface area contributed by atoms with Crippen molar-refractivity contribution in [2.45, 2.75) is 50.2 Å². The van der Waals surface area contributed by atoms with Crippen LogP contribution in [0.25, 0.3) is 0 Å². The third-order valence-electron chi connectivity index (χ3n) is 8.73. The van der Waals surface area contributed by atoms with E-state index in [1.54, 1.807) is 0 Å². The van der Waals surface area contributed by atoms with E-state index in [0.29, 0.717) is 62.9 Å². The number of rotatable bonds is 8. The van der Waals surface area contributed by atoms with Gasteiger partial charge in [0.05, 0.1) is 39.0 Å². The van der Waals surface area contributed by atoms with E-state index in [9.17, 15) is 4.79 Å². The Balaban J connectivity index is 0.964. The van der Waals surface area contributed by atoms with Gasteiger partial charge in [0, 0.05) is 24.5 Å². The van der Waals surface area contributed by atoms with Crippen molar-refractivity contribution in [2.24, 2.45) is 11.3 Å². The zero-order chi connectivity index (χ0) is 23.0. The number of hydrogen-bond donors (Lipinski definition) is 0. The van der Waals surface area contributed by atoms with Gasteiger partial charge in [-0.2, -0.15) is 0 Å². The van der Waals surface area contributed by atoms with Gasteiger partial charge in [-0.25, -0.2) is 0 Å². The topological polar surface area (TPSA) is 60.5 Å². The van der Waals surface area contributed by atoms with Crippen LogP contribution in [-0.2, 0) is 19.0 Å². The fourth-order valence-corrected chi connectivity index (χ4v) is 6.53. The monoisotopic (exact) mass is 470 g/mol. The summed E-state index contributed by atoms with van der Waals surface area (Å²) >= 11 is 0. The van der Waals surface area contributed by atoms with Gasteiger partial charge >= 0.3 is 0 Å². The number of nitrogens with zero attached hydrogens (tertiary/aromatic N) is 2. The molecule has 0 aromatic heterocycles. The van der Waals surface area contributed by atoms with Gasteiger partial charge in [0.2, 0.25) is 5.91 Å². The highest BCUT2D eigenvalue weighted by Gasteiger charge is 2.52. The lowest BCUT2D eigenvalue weighted by molar-refractivity contribution is -0.161. The average molecular weight is 471 g/mol. The van der Waals surface area contributed by atoms with Crippen LogP contribution in [0.5, 0.6) is 5.75 Å². The van der Waals surface area contributed by atoms with E-state index in [0.717, 1.165) is 31.9 Å². The van der Waals surface area contributed by atoms with Crippen molar-refractivity contribution in [3.8, 4) is 5.75 Å². The van der Waals surface area contributed by atoms with Crippen LogP contribution in [0.2, 0.25) is 0 Å². The van der Waals surface area contributed by atoms with E-state index < -0.39 is 0 Å². The molecule has 1 spiro atoms. The van der Waals surface area contributed by atoms with Crippen molar-refractivity contribution in [2.75, 3.05) is 65.8 Å². The van der Waals surface area contributed by atoms with Crippen molar-refractivity contribution in [3.63, 3.8) is 0 Å². The van der Waals surface area contributed by atoms with Gasteiger partial charge in [0.1, 0.15) is 18.5 Å². The van der Waals surface area contributed by atoms with E-state index in [1.807, 2.05) is 0 Å². The smallest absolute Gasteiger partial charge is 0.230 e. The molecule has 0 radical (unpaired) electrons. The number of benzene rings is 1. The molecule has 6 rings (SSSR count). The van der Waals surface area contributed by atoms with Crippen LogP contribution in [0.3, 0.4) is 0 Å². The van der Waals surface area contributed by atoms with Gasteiger partial charge in [-0.15, -0.1) is 0 Å². The largest absolute Gasteiger partial charge is 0.491 e. The fraction of sp³-hybridized carbons (Fsp3) is 0.741. The first-order valence-corrected chi connectivity index (χ1v) is 13.2. The lowest BCUT2D eigenvalue weighted by Gasteiger charge is -2.50. The van der Waals surface area contributed by atoms with Gasteiger partial charge in [-0.05, 0) is 62.7 Å². The number of ether oxygens (including phenoxy) is 4. The summed E-state index contributed by atoms with van der Waals surface area (Å²) in [7, 11) is 0. The highest BCUT2D eigenvalue weighted by Crippen LogP contribution is 2.48. The Morgan fingerprint density at radius 3 is 2.47 bits per heavy atom. The molecule has 1 aromatic carbocycles. The Bertz CT molecular complexity index is 856. The Morgan fingerprint density at radius 2 is 1.76 bits per heavy atom. The molecule has 1 amide bonds. The van der Waals surface area contributed by atoms with Gasteiger partial charge in [-0.3, -0.25) is 4.79 Å². The van der Waals surface area contributed by atoms with Crippen LogP contribution >= 0.6 is 0 Å². The first-order valence-electron chi connectivity index (χ1n) is 13.2. The molecule has 1 aromatic rings. The molecular weight excluding hydrogens is 432 g/mol. The van der Waals surface area contributed by atoms with Crippen LogP contribution in [-0.4, -0.2) is 93.7 Å². The van der Waals surface area contributed by atoms with Crippen molar-refractivity contribution in [3.05, 3.63) is 29.8 Å². The summed E-state index contributed by atoms with van der Waals surface area (Å²) in [6.07, 6.45) is 6.44. The van der Waals surface area contributed by atoms with Gasteiger partial charge < -0.3 is 28.7 Å². The third kappa shape index (κ3) is 4.60. The highest BCUT2D eigenvalue weighted by atomic mass is 16.6. The Kier molecular flexibility index (Phi) is 6.54. The number of carbonyl (C=O) groups is 1. The molecule has 7 nitrogen and oxygen atoms in total. The van der Waals surface area contributed by atoms with Gasteiger partial charge in [0.25, 0.3) is 0 Å². The number of likely N-dealkylation sites (tertiary alicyclic amines) is 2. The van der Waals surface area contributed by atoms with Crippen LogP contribution < -0.4 is 4.74 Å². The maximum absolute atomic E-state index is 12.5. The maximum Gasteiger partial charge on any atom is 0.230 e. The number of para-hydroxylation sites is 1. The molecule has 1 aliphatic carbocycles. The van der Waals surface area contributed by atoms with Gasteiger partial charge in [0.15, 0.2) is 0 Å². The predicted octanol–water partition coefficient (Wildman–Crippen LogP) is 2.69. The first-order chi connectivity index (χ1) is 16.7. The van der Waals surface area contributed by atoms with E-state index in [2.05, 4.69) is 34.1 Å². The molecule has 5 aliphatic rings. The summed E-state index contributed by atoms with van der Waals surface area (Å²) in [5.74, 6) is 2.03.